The van der Waals surface area contributed by atoms with Crippen molar-refractivity contribution >= 4 is 27.5 Å². The molecule has 2 aromatic rings. The number of aromatic nitrogens is 2. The van der Waals surface area contributed by atoms with E-state index in [2.05, 4.69) is 30.6 Å². The Labute approximate surface area is 133 Å². The molecule has 0 saturated heterocycles. The van der Waals surface area contributed by atoms with Crippen LogP contribution in [0.4, 0.5) is 8.78 Å². The molecule has 112 valence electrons. The number of para-hydroxylation sites is 1. The molecule has 0 aliphatic rings. The van der Waals surface area contributed by atoms with Crippen LogP contribution in [-0.2, 0) is 11.3 Å². The van der Waals surface area contributed by atoms with Crippen molar-refractivity contribution in [2.24, 2.45) is 0 Å². The van der Waals surface area contributed by atoms with Crippen LogP contribution in [0.15, 0.2) is 28.7 Å². The van der Waals surface area contributed by atoms with Crippen molar-refractivity contribution in [3.63, 3.8) is 0 Å². The Morgan fingerprint density at radius 1 is 1.29 bits per heavy atom. The molecule has 0 bridgehead atoms. The SMILES string of the molecule is COCc1nc(-c2ccccc2OC(F)F)nc(Cl)c1Br. The van der Waals surface area contributed by atoms with Crippen LogP contribution < -0.4 is 4.74 Å². The number of benzene rings is 1. The Bertz CT molecular complexity index is 644. The molecule has 1 heterocycles. The third-order valence-electron chi connectivity index (χ3n) is 2.50. The fourth-order valence-corrected chi connectivity index (χ4v) is 2.15. The van der Waals surface area contributed by atoms with Crippen LogP contribution in [0.2, 0.25) is 5.15 Å². The lowest BCUT2D eigenvalue weighted by molar-refractivity contribution is -0.0494. The highest BCUT2D eigenvalue weighted by Gasteiger charge is 2.16. The molecule has 0 atom stereocenters. The van der Waals surface area contributed by atoms with E-state index in [-0.39, 0.29) is 23.3 Å². The number of halogens is 4. The van der Waals surface area contributed by atoms with Crippen LogP contribution >= 0.6 is 27.5 Å². The number of alkyl halides is 2. The molecule has 0 N–H and O–H groups in total. The van der Waals surface area contributed by atoms with Crippen LogP contribution in [0.1, 0.15) is 5.69 Å². The first kappa shape index (κ1) is 16.1. The maximum Gasteiger partial charge on any atom is 0.387 e. The van der Waals surface area contributed by atoms with E-state index in [1.54, 1.807) is 18.2 Å². The van der Waals surface area contributed by atoms with Crippen LogP contribution in [-0.4, -0.2) is 23.7 Å². The average Bonchev–Trinajstić information content (AvgIpc) is 2.44. The lowest BCUT2D eigenvalue weighted by Gasteiger charge is -2.11. The predicted octanol–water partition coefficient (Wildman–Crippen LogP) is 4.31. The van der Waals surface area contributed by atoms with E-state index in [0.717, 1.165) is 0 Å². The van der Waals surface area contributed by atoms with E-state index in [1.165, 1.54) is 13.2 Å². The lowest BCUT2D eigenvalue weighted by Crippen LogP contribution is -2.05. The molecule has 0 aliphatic carbocycles. The molecule has 0 spiro atoms. The predicted molar refractivity (Wildman–Crippen MR) is 77.5 cm³/mol. The van der Waals surface area contributed by atoms with Crippen molar-refractivity contribution in [3.8, 4) is 17.1 Å². The number of rotatable bonds is 5. The topological polar surface area (TPSA) is 44.2 Å². The summed E-state index contributed by atoms with van der Waals surface area (Å²) in [5, 5.41) is 0.166. The maximum atomic E-state index is 12.4. The van der Waals surface area contributed by atoms with Gasteiger partial charge in [-0.1, -0.05) is 23.7 Å². The molecule has 8 heteroatoms. The van der Waals surface area contributed by atoms with Gasteiger partial charge >= 0.3 is 6.61 Å². The molecule has 0 radical (unpaired) electrons. The third-order valence-corrected chi connectivity index (χ3v) is 3.84. The molecule has 0 aliphatic heterocycles. The highest BCUT2D eigenvalue weighted by atomic mass is 79.9. The quantitative estimate of drug-likeness (QED) is 0.726. The van der Waals surface area contributed by atoms with Crippen LogP contribution in [0, 0.1) is 0 Å². The van der Waals surface area contributed by atoms with Gasteiger partial charge < -0.3 is 9.47 Å². The van der Waals surface area contributed by atoms with Gasteiger partial charge in [0.2, 0.25) is 0 Å². The monoisotopic (exact) mass is 378 g/mol. The van der Waals surface area contributed by atoms with Gasteiger partial charge in [0.05, 0.1) is 22.3 Å². The van der Waals surface area contributed by atoms with Gasteiger partial charge in [0.1, 0.15) is 10.9 Å². The van der Waals surface area contributed by atoms with Gasteiger partial charge in [0.15, 0.2) is 5.82 Å². The number of methoxy groups -OCH3 is 1. The summed E-state index contributed by atoms with van der Waals surface area (Å²) in [6.45, 7) is -2.73. The molecule has 1 aromatic carbocycles. The van der Waals surface area contributed by atoms with Crippen LogP contribution in [0.5, 0.6) is 5.75 Å². The van der Waals surface area contributed by atoms with Gasteiger partial charge in [0, 0.05) is 7.11 Å². The first-order valence-electron chi connectivity index (χ1n) is 5.78. The molecule has 4 nitrogen and oxygen atoms in total. The standard InChI is InChI=1S/C13H10BrClF2N2O2/c1-20-6-8-10(14)11(15)19-12(18-8)7-4-2-3-5-9(7)21-13(16)17/h2-5,13H,6H2,1H3. The molecule has 21 heavy (non-hydrogen) atoms. The highest BCUT2D eigenvalue weighted by molar-refractivity contribution is 9.10. The molecular weight excluding hydrogens is 370 g/mol. The molecule has 0 fully saturated rings. The largest absolute Gasteiger partial charge is 0.434 e. The van der Waals surface area contributed by atoms with Gasteiger partial charge in [-0.05, 0) is 28.1 Å². The second kappa shape index (κ2) is 7.11. The Balaban J connectivity index is 2.51. The number of ether oxygens (including phenoxy) is 2. The van der Waals surface area contributed by atoms with Crippen molar-refractivity contribution < 1.29 is 18.3 Å². The summed E-state index contributed by atoms with van der Waals surface area (Å²) in [6.07, 6.45) is 0. The molecule has 0 unspecified atom stereocenters. The third kappa shape index (κ3) is 3.87. The van der Waals surface area contributed by atoms with Gasteiger partial charge in [-0.25, -0.2) is 9.97 Å². The summed E-state index contributed by atoms with van der Waals surface area (Å²) in [5.74, 6) is 0.167. The Kier molecular flexibility index (Phi) is 5.44. The van der Waals surface area contributed by atoms with Gasteiger partial charge in [-0.15, -0.1) is 0 Å². The molecule has 0 amide bonds. The molecule has 0 saturated carbocycles. The van der Waals surface area contributed by atoms with Gasteiger partial charge in [0.25, 0.3) is 0 Å². The van der Waals surface area contributed by atoms with Crippen molar-refractivity contribution in [2.75, 3.05) is 7.11 Å². The molecular formula is C13H10BrClF2N2O2. The van der Waals surface area contributed by atoms with Gasteiger partial charge in [-0.3, -0.25) is 0 Å². The minimum absolute atomic E-state index is 0.0192. The Hall–Kier alpha value is -1.31. The zero-order chi connectivity index (χ0) is 15.4. The second-order valence-corrected chi connectivity index (χ2v) is 5.06. The number of hydrogen-bond acceptors (Lipinski definition) is 4. The van der Waals surface area contributed by atoms with Gasteiger partial charge in [-0.2, -0.15) is 8.78 Å². The van der Waals surface area contributed by atoms with E-state index >= 15 is 0 Å². The summed E-state index contributed by atoms with van der Waals surface area (Å²) >= 11 is 9.28. The summed E-state index contributed by atoms with van der Waals surface area (Å²) in [5.41, 5.74) is 0.837. The summed E-state index contributed by atoms with van der Waals surface area (Å²) < 4.78 is 34.9. The minimum atomic E-state index is -2.93. The number of nitrogens with zero attached hydrogens (tertiary/aromatic N) is 2. The first-order valence-corrected chi connectivity index (χ1v) is 6.95. The van der Waals surface area contributed by atoms with E-state index in [9.17, 15) is 8.78 Å². The zero-order valence-corrected chi connectivity index (χ0v) is 13.2. The average molecular weight is 380 g/mol. The van der Waals surface area contributed by atoms with Crippen molar-refractivity contribution in [1.29, 1.82) is 0 Å². The van der Waals surface area contributed by atoms with E-state index in [1.807, 2.05) is 0 Å². The van der Waals surface area contributed by atoms with Crippen LogP contribution in [0.25, 0.3) is 11.4 Å². The Morgan fingerprint density at radius 3 is 2.67 bits per heavy atom. The normalized spacial score (nSPS) is 11.0. The van der Waals surface area contributed by atoms with E-state index < -0.39 is 6.61 Å². The summed E-state index contributed by atoms with van der Waals surface area (Å²) in [6, 6.07) is 6.24. The second-order valence-electron chi connectivity index (χ2n) is 3.91. The Morgan fingerprint density at radius 2 is 2.00 bits per heavy atom. The number of hydrogen-bond donors (Lipinski definition) is 0. The smallest absolute Gasteiger partial charge is 0.387 e. The molecule has 2 rings (SSSR count). The first-order chi connectivity index (χ1) is 10.0. The van der Waals surface area contributed by atoms with E-state index in [4.69, 9.17) is 16.3 Å². The zero-order valence-electron chi connectivity index (χ0n) is 10.8. The fourth-order valence-electron chi connectivity index (χ4n) is 1.67. The molecule has 1 aromatic heterocycles. The highest BCUT2D eigenvalue weighted by Crippen LogP contribution is 2.32. The fraction of sp³-hybridized carbons (Fsp3) is 0.231. The van der Waals surface area contributed by atoms with E-state index in [0.29, 0.717) is 15.7 Å². The summed E-state index contributed by atoms with van der Waals surface area (Å²) in [4.78, 5) is 8.35. The summed E-state index contributed by atoms with van der Waals surface area (Å²) in [7, 11) is 1.51. The minimum Gasteiger partial charge on any atom is -0.434 e. The lowest BCUT2D eigenvalue weighted by atomic mass is 10.2. The van der Waals surface area contributed by atoms with Crippen LogP contribution in [0.3, 0.4) is 0 Å². The van der Waals surface area contributed by atoms with Crippen molar-refractivity contribution in [3.05, 3.63) is 39.6 Å². The maximum absolute atomic E-state index is 12.4. The van der Waals surface area contributed by atoms with Crippen molar-refractivity contribution in [1.82, 2.24) is 9.97 Å². The van der Waals surface area contributed by atoms with Crippen molar-refractivity contribution in [2.45, 2.75) is 13.2 Å².